The van der Waals surface area contributed by atoms with E-state index >= 15 is 0 Å². The van der Waals surface area contributed by atoms with Crippen molar-refractivity contribution in [2.24, 2.45) is 17.2 Å². The molecule has 0 radical (unpaired) electrons. The van der Waals surface area contributed by atoms with Crippen molar-refractivity contribution in [3.63, 3.8) is 0 Å². The Morgan fingerprint density at radius 2 is 1.71 bits per heavy atom. The molecule has 0 aliphatic heterocycles. The maximum absolute atomic E-state index is 10.7. The molecule has 0 spiro atoms. The van der Waals surface area contributed by atoms with E-state index in [1.807, 2.05) is 51.2 Å². The predicted octanol–water partition coefficient (Wildman–Crippen LogP) is 4.01. The molecule has 0 saturated carbocycles. The topological polar surface area (TPSA) is 169 Å². The number of fused-ring (bicyclic) bond motifs is 1. The van der Waals surface area contributed by atoms with Crippen molar-refractivity contribution >= 4 is 35.2 Å². The zero-order valence-electron chi connectivity index (χ0n) is 26.9. The fourth-order valence-corrected chi connectivity index (χ4v) is 3.11. The number of nitrogens with zero attached hydrogens (tertiary/aromatic N) is 2. The number of carbonyl (C=O) groups is 3. The van der Waals surface area contributed by atoms with Crippen LogP contribution in [0.1, 0.15) is 60.8 Å². The second-order valence-electron chi connectivity index (χ2n) is 8.50. The Bertz CT molecular complexity index is 991. The Hall–Kier alpha value is -3.44. The van der Waals surface area contributed by atoms with Crippen LogP contribution in [0.15, 0.2) is 60.3 Å². The highest BCUT2D eigenvalue weighted by Crippen LogP contribution is 2.16. The Labute approximate surface area is 254 Å². The lowest BCUT2D eigenvalue weighted by molar-refractivity contribution is -0.123. The van der Waals surface area contributed by atoms with E-state index in [0.717, 1.165) is 55.6 Å². The van der Waals surface area contributed by atoms with Crippen LogP contribution >= 0.6 is 0 Å². The van der Waals surface area contributed by atoms with Gasteiger partial charge in [0.2, 0.25) is 12.3 Å². The van der Waals surface area contributed by atoms with Crippen LogP contribution in [-0.2, 0) is 14.4 Å². The summed E-state index contributed by atoms with van der Waals surface area (Å²) in [4.78, 5) is 37.1. The summed E-state index contributed by atoms with van der Waals surface area (Å²) in [7, 11) is 2.01. The van der Waals surface area contributed by atoms with Crippen LogP contribution in [0.5, 0.6) is 0 Å². The summed E-state index contributed by atoms with van der Waals surface area (Å²) < 4.78 is 0. The number of aldehydes is 1. The van der Waals surface area contributed by atoms with Crippen LogP contribution in [0.25, 0.3) is 10.9 Å². The standard InChI is InChI=1S/C10H8N2O.C9H16.C6H12N2O2.C5H15N3.C2H6/c13-7-12-9-3-4-10-8(6-9)2-1-5-11-10;1-4-7-9(6-3)8-5-2;1-2-8-6(10)5(7)3-4-9;1-8(4-2-6)5-3-7;1-2/h1-7H,(H,12,13);4,7-8H,5-6H2,1-3H3;4-5H,2-3,7H2,1H3,(H,8,10);2-7H2,1H3;1-2H3/b;7-4-,9-8-;;;. The van der Waals surface area contributed by atoms with Gasteiger partial charge in [0.1, 0.15) is 6.29 Å². The molecule has 2 amide bonds. The van der Waals surface area contributed by atoms with Gasteiger partial charge in [0.15, 0.2) is 0 Å². The number of nitrogens with one attached hydrogen (secondary N) is 2. The molecule has 2 rings (SSSR count). The van der Waals surface area contributed by atoms with Gasteiger partial charge in [0, 0.05) is 56.4 Å². The monoisotopic (exact) mass is 587 g/mol. The van der Waals surface area contributed by atoms with Gasteiger partial charge >= 0.3 is 0 Å². The van der Waals surface area contributed by atoms with Crippen molar-refractivity contribution in [2.45, 2.75) is 66.8 Å². The fourth-order valence-electron chi connectivity index (χ4n) is 3.11. The van der Waals surface area contributed by atoms with Gasteiger partial charge in [0.25, 0.3) is 0 Å². The molecule has 1 atom stereocenters. The molecule has 0 bridgehead atoms. The number of allylic oxidation sites excluding steroid dienone is 4. The lowest BCUT2D eigenvalue weighted by Gasteiger charge is -2.12. The van der Waals surface area contributed by atoms with Gasteiger partial charge in [-0.05, 0) is 58.0 Å². The SMILES string of the molecule is C/C=C\C(=C/CC)CC.CC.CCNC(=O)C(N)CC=O.CN(CCN)CCN.O=CNc1ccc2ncccc2c1. The molecule has 1 aromatic heterocycles. The molecule has 2 aromatic rings. The Balaban J connectivity index is -0.000000483. The predicted molar refractivity (Wildman–Crippen MR) is 179 cm³/mol. The van der Waals surface area contributed by atoms with Gasteiger partial charge in [-0.15, -0.1) is 0 Å². The van der Waals surface area contributed by atoms with E-state index in [1.165, 1.54) is 5.57 Å². The van der Waals surface area contributed by atoms with Crippen LogP contribution in [0.2, 0.25) is 0 Å². The largest absolute Gasteiger partial charge is 0.355 e. The molecule has 1 heterocycles. The van der Waals surface area contributed by atoms with E-state index in [1.54, 1.807) is 13.1 Å². The van der Waals surface area contributed by atoms with E-state index in [0.29, 0.717) is 19.2 Å². The quantitative estimate of drug-likeness (QED) is 0.173. The van der Waals surface area contributed by atoms with E-state index in [9.17, 15) is 14.4 Å². The molecule has 0 aliphatic carbocycles. The highest BCUT2D eigenvalue weighted by molar-refractivity contribution is 5.85. The summed E-state index contributed by atoms with van der Waals surface area (Å²) in [6.07, 6.45) is 12.0. The van der Waals surface area contributed by atoms with Crippen molar-refractivity contribution in [1.29, 1.82) is 0 Å². The van der Waals surface area contributed by atoms with Gasteiger partial charge in [-0.1, -0.05) is 57.6 Å². The number of anilines is 1. The van der Waals surface area contributed by atoms with Crippen molar-refractivity contribution in [2.75, 3.05) is 45.1 Å². The van der Waals surface area contributed by atoms with Gasteiger partial charge < -0.3 is 37.5 Å². The van der Waals surface area contributed by atoms with E-state index in [2.05, 4.69) is 59.5 Å². The first-order valence-electron chi connectivity index (χ1n) is 14.7. The highest BCUT2D eigenvalue weighted by Gasteiger charge is 2.10. The highest BCUT2D eigenvalue weighted by atomic mass is 16.2. The van der Waals surface area contributed by atoms with Crippen LogP contribution in [0, 0.1) is 0 Å². The van der Waals surface area contributed by atoms with E-state index in [-0.39, 0.29) is 12.3 Å². The minimum Gasteiger partial charge on any atom is -0.355 e. The van der Waals surface area contributed by atoms with Crippen LogP contribution in [-0.4, -0.2) is 74.3 Å². The molecule has 0 aliphatic rings. The Morgan fingerprint density at radius 3 is 2.19 bits per heavy atom. The van der Waals surface area contributed by atoms with Crippen LogP contribution < -0.4 is 27.8 Å². The molecular weight excluding hydrogens is 530 g/mol. The van der Waals surface area contributed by atoms with Gasteiger partial charge in [-0.2, -0.15) is 0 Å². The van der Waals surface area contributed by atoms with Crippen molar-refractivity contribution in [1.82, 2.24) is 15.2 Å². The van der Waals surface area contributed by atoms with Crippen molar-refractivity contribution < 1.29 is 14.4 Å². The Kier molecular flexibility index (Phi) is 32.9. The van der Waals surface area contributed by atoms with Gasteiger partial charge in [-0.3, -0.25) is 14.6 Å². The third kappa shape index (κ3) is 24.4. The van der Waals surface area contributed by atoms with E-state index in [4.69, 9.17) is 17.2 Å². The maximum atomic E-state index is 10.7. The summed E-state index contributed by atoms with van der Waals surface area (Å²) in [5.74, 6) is -0.269. The lowest BCUT2D eigenvalue weighted by atomic mass is 10.1. The number of rotatable bonds is 13. The number of aromatic nitrogens is 1. The van der Waals surface area contributed by atoms with Crippen molar-refractivity contribution in [3.8, 4) is 0 Å². The maximum Gasteiger partial charge on any atom is 0.237 e. The van der Waals surface area contributed by atoms with E-state index < -0.39 is 6.04 Å². The molecule has 10 nitrogen and oxygen atoms in total. The zero-order chi connectivity index (χ0) is 32.6. The molecule has 1 unspecified atom stereocenters. The fraction of sp³-hybridized carbons (Fsp3) is 0.500. The average molecular weight is 588 g/mol. The number of amides is 2. The van der Waals surface area contributed by atoms with Crippen molar-refractivity contribution in [3.05, 3.63) is 60.3 Å². The molecule has 0 saturated heterocycles. The van der Waals surface area contributed by atoms with Crippen LogP contribution in [0.3, 0.4) is 0 Å². The minimum atomic E-state index is -0.683. The molecular formula is C32H57N7O3. The van der Waals surface area contributed by atoms with Gasteiger partial charge in [-0.25, -0.2) is 0 Å². The molecule has 238 valence electrons. The van der Waals surface area contributed by atoms with Gasteiger partial charge in [0.05, 0.1) is 11.6 Å². The second-order valence-corrected chi connectivity index (χ2v) is 8.50. The number of hydrogen-bond acceptors (Lipinski definition) is 8. The normalized spacial score (nSPS) is 10.9. The minimum absolute atomic E-state index is 0.0891. The number of likely N-dealkylation sites (N-methyl/N-ethyl adjacent to an activating group) is 2. The summed E-state index contributed by atoms with van der Waals surface area (Å²) in [6, 6.07) is 8.73. The smallest absolute Gasteiger partial charge is 0.237 e. The Morgan fingerprint density at radius 1 is 1.07 bits per heavy atom. The number of pyridine rings is 1. The molecule has 1 aromatic carbocycles. The molecule has 10 heteroatoms. The number of nitrogens with two attached hydrogens (primary N) is 3. The molecule has 8 N–H and O–H groups in total. The summed E-state index contributed by atoms with van der Waals surface area (Å²) >= 11 is 0. The third-order valence-corrected chi connectivity index (χ3v) is 5.14. The molecule has 42 heavy (non-hydrogen) atoms. The summed E-state index contributed by atoms with van der Waals surface area (Å²) in [5.41, 5.74) is 19.0. The molecule has 0 fully saturated rings. The first-order chi connectivity index (χ1) is 20.3. The summed E-state index contributed by atoms with van der Waals surface area (Å²) in [6.45, 7) is 16.1. The number of hydrogen-bond donors (Lipinski definition) is 5. The number of carbonyl (C=O) groups excluding carboxylic acids is 3. The first-order valence-corrected chi connectivity index (χ1v) is 14.7. The lowest BCUT2D eigenvalue weighted by Crippen LogP contribution is -2.40. The third-order valence-electron chi connectivity index (χ3n) is 5.14. The van der Waals surface area contributed by atoms with Crippen LogP contribution in [0.4, 0.5) is 5.69 Å². The second kappa shape index (κ2) is 32.1. The first kappa shape index (κ1) is 43.0. The number of benzene rings is 1. The summed E-state index contributed by atoms with van der Waals surface area (Å²) in [5, 5.41) is 6.12. The zero-order valence-corrected chi connectivity index (χ0v) is 26.9. The average Bonchev–Trinajstić information content (AvgIpc) is 3.00.